The van der Waals surface area contributed by atoms with Crippen LogP contribution in [-0.2, 0) is 16.4 Å². The molecular formula is C23H27NO2S. The van der Waals surface area contributed by atoms with E-state index in [-0.39, 0.29) is 10.8 Å². The van der Waals surface area contributed by atoms with Crippen LogP contribution in [0.1, 0.15) is 31.4 Å². The minimum absolute atomic E-state index is 0.0173. The van der Waals surface area contributed by atoms with E-state index in [1.54, 1.807) is 16.4 Å². The Hall–Kier alpha value is -1.91. The van der Waals surface area contributed by atoms with E-state index in [0.717, 1.165) is 18.4 Å². The van der Waals surface area contributed by atoms with E-state index in [4.69, 9.17) is 0 Å². The molecule has 3 nitrogen and oxygen atoms in total. The molecule has 2 aliphatic rings. The molecule has 4 rings (SSSR count). The first kappa shape index (κ1) is 18.5. The number of piperidine rings is 1. The molecule has 2 aromatic carbocycles. The molecule has 1 saturated heterocycles. The Morgan fingerprint density at radius 2 is 1.70 bits per heavy atom. The van der Waals surface area contributed by atoms with Gasteiger partial charge in [-0.15, -0.1) is 0 Å². The van der Waals surface area contributed by atoms with Crippen LogP contribution < -0.4 is 0 Å². The normalized spacial score (nSPS) is 27.2. The van der Waals surface area contributed by atoms with E-state index in [1.807, 2.05) is 25.1 Å². The zero-order valence-electron chi connectivity index (χ0n) is 16.3. The van der Waals surface area contributed by atoms with Gasteiger partial charge in [-0.05, 0) is 56.7 Å². The van der Waals surface area contributed by atoms with Gasteiger partial charge in [-0.25, -0.2) is 8.42 Å². The van der Waals surface area contributed by atoms with Crippen LogP contribution in [-0.4, -0.2) is 25.8 Å². The first-order valence-corrected chi connectivity index (χ1v) is 11.0. The molecule has 2 aromatic rings. The number of hydrogen-bond acceptors (Lipinski definition) is 2. The number of nitrogens with zero attached hydrogens (tertiary/aromatic N) is 1. The van der Waals surface area contributed by atoms with Gasteiger partial charge in [-0.1, -0.05) is 59.7 Å². The second-order valence-corrected chi connectivity index (χ2v) is 10.5. The third-order valence-corrected chi connectivity index (χ3v) is 7.94. The van der Waals surface area contributed by atoms with Crippen molar-refractivity contribution in [1.29, 1.82) is 0 Å². The highest BCUT2D eigenvalue weighted by atomic mass is 32.2. The number of fused-ring (bicyclic) bond motifs is 1. The summed E-state index contributed by atoms with van der Waals surface area (Å²) in [6, 6.07) is 17.7. The Balaban J connectivity index is 1.66. The van der Waals surface area contributed by atoms with Crippen LogP contribution in [0.2, 0.25) is 0 Å². The molecule has 27 heavy (non-hydrogen) atoms. The van der Waals surface area contributed by atoms with Crippen molar-refractivity contribution >= 4 is 10.0 Å². The topological polar surface area (TPSA) is 37.4 Å². The summed E-state index contributed by atoms with van der Waals surface area (Å²) in [6.07, 6.45) is 4.32. The standard InChI is InChI=1S/C23H27NO2S/c1-18(2)13-22-15-23(22,14-20-7-5-4-6-8-20)17-24(16-22)27(25,26)21-11-9-19(3)10-12-21/h4-13H,14-17H2,1-3H3/t22-,23+/m0/s1. The predicted molar refractivity (Wildman–Crippen MR) is 109 cm³/mol. The second kappa shape index (κ2) is 6.32. The molecule has 1 aliphatic carbocycles. The summed E-state index contributed by atoms with van der Waals surface area (Å²) in [5.41, 5.74) is 3.61. The van der Waals surface area contributed by atoms with Gasteiger partial charge in [0.1, 0.15) is 0 Å². The molecule has 0 spiro atoms. The van der Waals surface area contributed by atoms with E-state index in [9.17, 15) is 8.42 Å². The van der Waals surface area contributed by atoms with Crippen LogP contribution >= 0.6 is 0 Å². The first-order chi connectivity index (χ1) is 12.8. The molecule has 0 bridgehead atoms. The van der Waals surface area contributed by atoms with E-state index < -0.39 is 10.0 Å². The van der Waals surface area contributed by atoms with Crippen LogP contribution in [0.5, 0.6) is 0 Å². The number of rotatable bonds is 5. The highest BCUT2D eigenvalue weighted by molar-refractivity contribution is 7.89. The Labute approximate surface area is 162 Å². The number of sulfonamides is 1. The summed E-state index contributed by atoms with van der Waals surface area (Å²) >= 11 is 0. The fraction of sp³-hybridized carbons (Fsp3) is 0.391. The molecule has 2 atom stereocenters. The summed E-state index contributed by atoms with van der Waals surface area (Å²) < 4.78 is 28.2. The third kappa shape index (κ3) is 3.15. The third-order valence-electron chi connectivity index (χ3n) is 6.13. The van der Waals surface area contributed by atoms with Crippen molar-refractivity contribution in [2.75, 3.05) is 13.1 Å². The first-order valence-electron chi connectivity index (χ1n) is 9.53. The fourth-order valence-corrected chi connectivity index (χ4v) is 6.41. The zero-order chi connectivity index (χ0) is 19.3. The second-order valence-electron chi connectivity index (χ2n) is 8.58. The summed E-state index contributed by atoms with van der Waals surface area (Å²) in [5.74, 6) is 0. The molecule has 4 heteroatoms. The summed E-state index contributed by atoms with van der Waals surface area (Å²) in [6.45, 7) is 7.37. The number of aryl methyl sites for hydroxylation is 1. The molecular weight excluding hydrogens is 354 g/mol. The maximum atomic E-state index is 13.2. The number of hydrogen-bond donors (Lipinski definition) is 0. The van der Waals surface area contributed by atoms with Crippen molar-refractivity contribution in [3.8, 4) is 0 Å². The SMILES string of the molecule is CC(C)=C[C@]12CN(S(=O)(=O)c3ccc(C)cc3)C[C@@]1(Cc1ccccc1)C2. The van der Waals surface area contributed by atoms with Gasteiger partial charge < -0.3 is 0 Å². The Kier molecular flexibility index (Phi) is 4.32. The van der Waals surface area contributed by atoms with Crippen molar-refractivity contribution < 1.29 is 8.42 Å². The van der Waals surface area contributed by atoms with E-state index in [1.165, 1.54) is 11.1 Å². The van der Waals surface area contributed by atoms with Crippen LogP contribution in [0.15, 0.2) is 71.1 Å². The largest absolute Gasteiger partial charge is 0.243 e. The molecule has 0 amide bonds. The molecule has 142 valence electrons. The van der Waals surface area contributed by atoms with Gasteiger partial charge >= 0.3 is 0 Å². The summed E-state index contributed by atoms with van der Waals surface area (Å²) in [5, 5.41) is 0. The summed E-state index contributed by atoms with van der Waals surface area (Å²) in [7, 11) is -3.46. The van der Waals surface area contributed by atoms with Gasteiger partial charge in [0.05, 0.1) is 4.90 Å². The quantitative estimate of drug-likeness (QED) is 0.711. The Morgan fingerprint density at radius 1 is 1.04 bits per heavy atom. The lowest BCUT2D eigenvalue weighted by molar-refractivity contribution is 0.398. The molecule has 2 fully saturated rings. The Morgan fingerprint density at radius 3 is 2.33 bits per heavy atom. The lowest BCUT2D eigenvalue weighted by Gasteiger charge is -2.21. The molecule has 0 radical (unpaired) electrons. The molecule has 1 aliphatic heterocycles. The van der Waals surface area contributed by atoms with Crippen molar-refractivity contribution in [2.24, 2.45) is 10.8 Å². The predicted octanol–water partition coefficient (Wildman–Crippen LogP) is 4.58. The zero-order valence-corrected chi connectivity index (χ0v) is 17.1. The number of benzene rings is 2. The van der Waals surface area contributed by atoms with Crippen molar-refractivity contribution in [1.82, 2.24) is 4.31 Å². The smallest absolute Gasteiger partial charge is 0.207 e. The summed E-state index contributed by atoms with van der Waals surface area (Å²) in [4.78, 5) is 0.400. The molecule has 1 saturated carbocycles. The van der Waals surface area contributed by atoms with Crippen molar-refractivity contribution in [2.45, 2.75) is 38.5 Å². The molecule has 0 unspecified atom stereocenters. The van der Waals surface area contributed by atoms with Gasteiger partial charge in [-0.2, -0.15) is 4.31 Å². The highest BCUT2D eigenvalue weighted by Gasteiger charge is 2.71. The van der Waals surface area contributed by atoms with Gasteiger partial charge in [-0.3, -0.25) is 0 Å². The molecule has 0 N–H and O–H groups in total. The van der Waals surface area contributed by atoms with Gasteiger partial charge in [0, 0.05) is 18.5 Å². The maximum Gasteiger partial charge on any atom is 0.243 e. The van der Waals surface area contributed by atoms with Gasteiger partial charge in [0.25, 0.3) is 0 Å². The maximum absolute atomic E-state index is 13.2. The van der Waals surface area contributed by atoms with Gasteiger partial charge in [0.15, 0.2) is 0 Å². The van der Waals surface area contributed by atoms with E-state index >= 15 is 0 Å². The average molecular weight is 382 g/mol. The highest BCUT2D eigenvalue weighted by Crippen LogP contribution is 2.71. The minimum Gasteiger partial charge on any atom is -0.207 e. The van der Waals surface area contributed by atoms with Crippen molar-refractivity contribution in [3.05, 3.63) is 77.4 Å². The van der Waals surface area contributed by atoms with E-state index in [0.29, 0.717) is 18.0 Å². The van der Waals surface area contributed by atoms with Crippen molar-refractivity contribution in [3.63, 3.8) is 0 Å². The van der Waals surface area contributed by atoms with Crippen LogP contribution in [0.4, 0.5) is 0 Å². The van der Waals surface area contributed by atoms with Crippen LogP contribution in [0.3, 0.4) is 0 Å². The number of allylic oxidation sites excluding steroid dienone is 1. The average Bonchev–Trinajstić information content (AvgIpc) is 3.07. The Bertz CT molecular complexity index is 975. The van der Waals surface area contributed by atoms with Crippen LogP contribution in [0, 0.1) is 17.8 Å². The van der Waals surface area contributed by atoms with E-state index in [2.05, 4.69) is 44.2 Å². The lowest BCUT2D eigenvalue weighted by atomic mass is 9.88. The fourth-order valence-electron chi connectivity index (χ4n) is 4.82. The lowest BCUT2D eigenvalue weighted by Crippen LogP contribution is -2.33. The van der Waals surface area contributed by atoms with Gasteiger partial charge in [0.2, 0.25) is 10.0 Å². The monoisotopic (exact) mass is 381 g/mol. The minimum atomic E-state index is -3.46. The molecule has 1 heterocycles. The molecule has 0 aromatic heterocycles. The van der Waals surface area contributed by atoms with Crippen LogP contribution in [0.25, 0.3) is 0 Å².